The van der Waals surface area contributed by atoms with E-state index in [1.807, 2.05) is 30.9 Å². The molecule has 0 spiro atoms. The Bertz CT molecular complexity index is 618. The van der Waals surface area contributed by atoms with Gasteiger partial charge in [0.25, 0.3) is 0 Å². The van der Waals surface area contributed by atoms with Crippen molar-refractivity contribution in [1.82, 2.24) is 19.9 Å². The molecule has 18 heavy (non-hydrogen) atoms. The molecule has 0 aromatic carbocycles. The number of piperazine rings is 1. The molecule has 0 bridgehead atoms. The van der Waals surface area contributed by atoms with Gasteiger partial charge in [-0.2, -0.15) is 9.61 Å². The highest BCUT2D eigenvalue weighted by Gasteiger charge is 2.19. The fraction of sp³-hybridized carbons (Fsp3) is 0.417. The van der Waals surface area contributed by atoms with Gasteiger partial charge >= 0.3 is 0 Å². The third-order valence-electron chi connectivity index (χ3n) is 3.02. The number of carbonyl (C=O) groups excluding carboxylic acids is 1. The number of fused-ring (bicyclic) bond motifs is 1. The van der Waals surface area contributed by atoms with Gasteiger partial charge in [-0.05, 0) is 13.8 Å². The van der Waals surface area contributed by atoms with Crippen molar-refractivity contribution in [3.05, 3.63) is 23.5 Å². The van der Waals surface area contributed by atoms with Crippen molar-refractivity contribution in [2.45, 2.75) is 13.8 Å². The molecule has 6 heteroatoms. The largest absolute Gasteiger partial charge is 0.353 e. The third-order valence-corrected chi connectivity index (χ3v) is 3.02. The molecule has 1 amide bonds. The molecule has 0 saturated carbocycles. The molecular formula is C12H15N5O. The Morgan fingerprint density at radius 1 is 1.28 bits per heavy atom. The van der Waals surface area contributed by atoms with E-state index in [0.29, 0.717) is 13.1 Å². The van der Waals surface area contributed by atoms with Crippen LogP contribution >= 0.6 is 0 Å². The van der Waals surface area contributed by atoms with Crippen LogP contribution < -0.4 is 10.2 Å². The lowest BCUT2D eigenvalue weighted by molar-refractivity contribution is -0.120. The molecule has 0 radical (unpaired) electrons. The molecule has 1 N–H and O–H groups in total. The predicted molar refractivity (Wildman–Crippen MR) is 67.7 cm³/mol. The number of carbonyl (C=O) groups is 1. The number of rotatable bonds is 1. The SMILES string of the molecule is Cc1cc(N2CCNC(=O)C2)n2nc(C)cc2n1. The van der Waals surface area contributed by atoms with Crippen LogP contribution in [0.2, 0.25) is 0 Å². The van der Waals surface area contributed by atoms with Gasteiger partial charge in [0.2, 0.25) is 5.91 Å². The predicted octanol–water partition coefficient (Wildman–Crippen LogP) is 0.282. The number of hydrogen-bond acceptors (Lipinski definition) is 4. The number of nitrogens with zero attached hydrogens (tertiary/aromatic N) is 4. The van der Waals surface area contributed by atoms with Crippen LogP contribution in [0, 0.1) is 13.8 Å². The molecule has 1 saturated heterocycles. The molecule has 0 aliphatic carbocycles. The number of aromatic nitrogens is 3. The molecule has 1 fully saturated rings. The highest BCUT2D eigenvalue weighted by Crippen LogP contribution is 2.18. The number of aryl methyl sites for hydroxylation is 2. The Morgan fingerprint density at radius 3 is 2.89 bits per heavy atom. The van der Waals surface area contributed by atoms with Gasteiger partial charge in [0, 0.05) is 30.9 Å². The molecule has 0 atom stereocenters. The maximum Gasteiger partial charge on any atom is 0.239 e. The quantitative estimate of drug-likeness (QED) is 0.784. The highest BCUT2D eigenvalue weighted by molar-refractivity contribution is 5.82. The molecule has 1 aliphatic heterocycles. The second-order valence-corrected chi connectivity index (χ2v) is 4.58. The van der Waals surface area contributed by atoms with Gasteiger partial charge in [-0.1, -0.05) is 0 Å². The normalized spacial score (nSPS) is 16.1. The number of amides is 1. The van der Waals surface area contributed by atoms with E-state index in [4.69, 9.17) is 0 Å². The minimum absolute atomic E-state index is 0.0488. The van der Waals surface area contributed by atoms with Gasteiger partial charge in [0.15, 0.2) is 5.65 Å². The zero-order valence-corrected chi connectivity index (χ0v) is 10.5. The van der Waals surface area contributed by atoms with Crippen LogP contribution in [0.1, 0.15) is 11.4 Å². The minimum Gasteiger partial charge on any atom is -0.353 e. The van der Waals surface area contributed by atoms with Gasteiger partial charge in [0.1, 0.15) is 5.82 Å². The molecule has 6 nitrogen and oxygen atoms in total. The van der Waals surface area contributed by atoms with Crippen molar-refractivity contribution in [3.8, 4) is 0 Å². The average Bonchev–Trinajstić information content (AvgIpc) is 2.68. The Hall–Kier alpha value is -2.11. The monoisotopic (exact) mass is 245 g/mol. The number of hydrogen-bond donors (Lipinski definition) is 1. The highest BCUT2D eigenvalue weighted by atomic mass is 16.2. The van der Waals surface area contributed by atoms with E-state index < -0.39 is 0 Å². The summed E-state index contributed by atoms with van der Waals surface area (Å²) in [6, 6.07) is 3.92. The summed E-state index contributed by atoms with van der Waals surface area (Å²) in [5.41, 5.74) is 2.69. The Labute approximate surface area is 105 Å². The van der Waals surface area contributed by atoms with E-state index in [2.05, 4.69) is 15.4 Å². The van der Waals surface area contributed by atoms with Crippen LogP contribution in [0.3, 0.4) is 0 Å². The minimum atomic E-state index is 0.0488. The van der Waals surface area contributed by atoms with Crippen LogP contribution in [0.4, 0.5) is 5.82 Å². The Balaban J connectivity index is 2.12. The topological polar surface area (TPSA) is 62.5 Å². The molecule has 3 heterocycles. The lowest BCUT2D eigenvalue weighted by Gasteiger charge is -2.28. The molecule has 2 aromatic rings. The molecule has 94 valence electrons. The van der Waals surface area contributed by atoms with E-state index >= 15 is 0 Å². The van der Waals surface area contributed by atoms with Crippen molar-refractivity contribution < 1.29 is 4.79 Å². The van der Waals surface area contributed by atoms with Crippen molar-refractivity contribution in [2.24, 2.45) is 0 Å². The lowest BCUT2D eigenvalue weighted by Crippen LogP contribution is -2.48. The summed E-state index contributed by atoms with van der Waals surface area (Å²) in [6.45, 7) is 5.73. The maximum atomic E-state index is 11.5. The summed E-state index contributed by atoms with van der Waals surface area (Å²) in [5, 5.41) is 7.26. The van der Waals surface area contributed by atoms with Gasteiger partial charge in [0.05, 0.1) is 12.2 Å². The zero-order valence-electron chi connectivity index (χ0n) is 10.5. The van der Waals surface area contributed by atoms with Gasteiger partial charge in [-0.3, -0.25) is 4.79 Å². The van der Waals surface area contributed by atoms with Gasteiger partial charge in [-0.15, -0.1) is 0 Å². The molecule has 0 unspecified atom stereocenters. The first kappa shape index (κ1) is 11.0. The summed E-state index contributed by atoms with van der Waals surface area (Å²) in [7, 11) is 0. The Kier molecular flexibility index (Phi) is 2.43. The van der Waals surface area contributed by atoms with E-state index in [0.717, 1.165) is 29.4 Å². The van der Waals surface area contributed by atoms with Crippen molar-refractivity contribution in [3.63, 3.8) is 0 Å². The molecule has 1 aliphatic rings. The zero-order chi connectivity index (χ0) is 12.7. The second-order valence-electron chi connectivity index (χ2n) is 4.58. The molecule has 2 aromatic heterocycles. The van der Waals surface area contributed by atoms with Crippen LogP contribution in [-0.4, -0.2) is 40.1 Å². The second kappa shape index (κ2) is 3.97. The van der Waals surface area contributed by atoms with Gasteiger partial charge in [-0.25, -0.2) is 4.98 Å². The Morgan fingerprint density at radius 2 is 2.11 bits per heavy atom. The maximum absolute atomic E-state index is 11.5. The fourth-order valence-corrected chi connectivity index (χ4v) is 2.25. The first-order valence-electron chi connectivity index (χ1n) is 5.99. The number of anilines is 1. The third kappa shape index (κ3) is 1.79. The molecular weight excluding hydrogens is 230 g/mol. The standard InChI is InChI=1S/C12H15N5O/c1-8-6-12(16-4-3-13-11(18)7-16)17-10(14-8)5-9(2)15-17/h5-6H,3-4,7H2,1-2H3,(H,13,18). The van der Waals surface area contributed by atoms with E-state index in [1.54, 1.807) is 4.52 Å². The summed E-state index contributed by atoms with van der Waals surface area (Å²) >= 11 is 0. The summed E-state index contributed by atoms with van der Waals surface area (Å²) in [5.74, 6) is 0.980. The summed E-state index contributed by atoms with van der Waals surface area (Å²) < 4.78 is 1.81. The first-order chi connectivity index (χ1) is 8.63. The lowest BCUT2D eigenvalue weighted by atomic mass is 10.3. The summed E-state index contributed by atoms with van der Waals surface area (Å²) in [4.78, 5) is 18.0. The summed E-state index contributed by atoms with van der Waals surface area (Å²) in [6.07, 6.45) is 0. The van der Waals surface area contributed by atoms with Crippen LogP contribution in [0.25, 0.3) is 5.65 Å². The molecule has 3 rings (SSSR count). The fourth-order valence-electron chi connectivity index (χ4n) is 2.25. The van der Waals surface area contributed by atoms with Crippen LogP contribution in [0.5, 0.6) is 0 Å². The van der Waals surface area contributed by atoms with E-state index in [1.165, 1.54) is 0 Å². The first-order valence-corrected chi connectivity index (χ1v) is 5.99. The van der Waals surface area contributed by atoms with Crippen molar-refractivity contribution >= 4 is 17.4 Å². The van der Waals surface area contributed by atoms with E-state index in [-0.39, 0.29) is 5.91 Å². The smallest absolute Gasteiger partial charge is 0.239 e. The van der Waals surface area contributed by atoms with Crippen LogP contribution in [-0.2, 0) is 4.79 Å². The van der Waals surface area contributed by atoms with Crippen LogP contribution in [0.15, 0.2) is 12.1 Å². The van der Waals surface area contributed by atoms with Crippen molar-refractivity contribution in [2.75, 3.05) is 24.5 Å². The van der Waals surface area contributed by atoms with Gasteiger partial charge < -0.3 is 10.2 Å². The van der Waals surface area contributed by atoms with Crippen molar-refractivity contribution in [1.29, 1.82) is 0 Å². The average molecular weight is 245 g/mol. The van der Waals surface area contributed by atoms with E-state index in [9.17, 15) is 4.79 Å². The number of nitrogens with one attached hydrogen (secondary N) is 1.